The van der Waals surface area contributed by atoms with Crippen LogP contribution in [0.25, 0.3) is 11.1 Å². The average molecular weight is 289 g/mol. The molecule has 0 fully saturated rings. The summed E-state index contributed by atoms with van der Waals surface area (Å²) < 4.78 is 0. The fraction of sp³-hybridized carbons (Fsp3) is 0. The lowest BCUT2D eigenvalue weighted by Crippen LogP contribution is -1.73. The fourth-order valence-corrected chi connectivity index (χ4v) is 1.42. The minimum absolute atomic E-state index is 0.703. The Hall–Kier alpha value is -1.67. The quantitative estimate of drug-likeness (QED) is 0.589. The number of carbonyl (C=O) groups is 1. The smallest absolute Gasteiger partial charge is 0.143 e. The van der Waals surface area contributed by atoms with Crippen LogP contribution >= 0.6 is 15.9 Å². The Balaban J connectivity index is 0.000000249. The zero-order valence-electron chi connectivity index (χ0n) is 9.29. The summed E-state index contributed by atoms with van der Waals surface area (Å²) in [5.74, 6) is 0. The van der Waals surface area contributed by atoms with E-state index < -0.39 is 0 Å². The van der Waals surface area contributed by atoms with Crippen LogP contribution in [0, 0.1) is 0 Å². The van der Waals surface area contributed by atoms with Gasteiger partial charge in [0.1, 0.15) is 6.29 Å². The molecule has 0 aliphatic carbocycles. The third kappa shape index (κ3) is 5.27. The summed E-state index contributed by atoms with van der Waals surface area (Å²) in [6.07, 6.45) is 2.06. The van der Waals surface area contributed by atoms with Gasteiger partial charge in [-0.05, 0) is 22.2 Å². The van der Waals surface area contributed by atoms with Crippen LogP contribution in [0.3, 0.4) is 0 Å². The molecule has 2 aromatic carbocycles. The van der Waals surface area contributed by atoms with E-state index in [1.807, 2.05) is 12.1 Å². The van der Waals surface area contributed by atoms with E-state index in [0.717, 1.165) is 0 Å². The first-order valence-corrected chi connectivity index (χ1v) is 6.11. The van der Waals surface area contributed by atoms with Gasteiger partial charge in [-0.25, -0.2) is 0 Å². The molecule has 2 rings (SSSR count). The van der Waals surface area contributed by atoms with Crippen molar-refractivity contribution in [2.45, 2.75) is 0 Å². The van der Waals surface area contributed by atoms with Gasteiger partial charge in [-0.15, -0.1) is 0 Å². The molecule has 86 valence electrons. The highest BCUT2D eigenvalue weighted by Gasteiger charge is 1.91. The maximum Gasteiger partial charge on any atom is 0.143 e. The van der Waals surface area contributed by atoms with Crippen molar-refractivity contribution in [2.24, 2.45) is 0 Å². The van der Waals surface area contributed by atoms with Crippen molar-refractivity contribution in [3.05, 3.63) is 71.7 Å². The first-order valence-electron chi connectivity index (χ1n) is 5.19. The third-order valence-corrected chi connectivity index (χ3v) is 2.34. The molecule has 0 heterocycles. The fourth-order valence-electron chi connectivity index (χ4n) is 1.29. The monoisotopic (exact) mass is 288 g/mol. The van der Waals surface area contributed by atoms with Crippen molar-refractivity contribution in [1.82, 2.24) is 0 Å². The Bertz CT molecular complexity index is 411. The molecule has 0 N–H and O–H groups in total. The van der Waals surface area contributed by atoms with Crippen molar-refractivity contribution in [1.29, 1.82) is 0 Å². The van der Waals surface area contributed by atoms with Gasteiger partial charge in [-0.1, -0.05) is 76.6 Å². The SMILES string of the molecule is O=C/C=C\Br.c1ccc(-c2ccccc2)cc1. The number of hydrogen-bond donors (Lipinski definition) is 0. The molecule has 0 bridgehead atoms. The number of allylic oxidation sites excluding steroid dienone is 1. The van der Waals surface area contributed by atoms with Crippen molar-refractivity contribution in [3.8, 4) is 11.1 Å². The molecule has 17 heavy (non-hydrogen) atoms. The maximum atomic E-state index is 9.29. The summed E-state index contributed by atoms with van der Waals surface area (Å²) in [6.45, 7) is 0. The zero-order chi connectivity index (χ0) is 12.3. The topological polar surface area (TPSA) is 17.1 Å². The molecule has 0 atom stereocenters. The van der Waals surface area contributed by atoms with E-state index in [4.69, 9.17) is 0 Å². The number of aldehydes is 1. The van der Waals surface area contributed by atoms with Gasteiger partial charge in [0.25, 0.3) is 0 Å². The van der Waals surface area contributed by atoms with Crippen molar-refractivity contribution in [3.63, 3.8) is 0 Å². The Morgan fingerprint density at radius 1 is 0.765 bits per heavy atom. The van der Waals surface area contributed by atoms with E-state index in [1.165, 1.54) is 22.2 Å². The molecule has 0 aromatic heterocycles. The summed E-state index contributed by atoms with van der Waals surface area (Å²) in [4.78, 5) is 10.8. The van der Waals surface area contributed by atoms with Crippen molar-refractivity contribution in [2.75, 3.05) is 0 Å². The van der Waals surface area contributed by atoms with Crippen molar-refractivity contribution >= 4 is 22.2 Å². The van der Waals surface area contributed by atoms with Crippen LogP contribution in [0.2, 0.25) is 0 Å². The molecular formula is C15H13BrO. The molecular weight excluding hydrogens is 276 g/mol. The number of rotatable bonds is 2. The van der Waals surface area contributed by atoms with Gasteiger partial charge in [0.05, 0.1) is 0 Å². The molecule has 0 saturated carbocycles. The van der Waals surface area contributed by atoms with Crippen LogP contribution in [0.4, 0.5) is 0 Å². The van der Waals surface area contributed by atoms with Gasteiger partial charge in [0.2, 0.25) is 0 Å². The number of halogens is 1. The Morgan fingerprint density at radius 2 is 1.18 bits per heavy atom. The second-order valence-electron chi connectivity index (χ2n) is 3.19. The average Bonchev–Trinajstić information content (AvgIpc) is 2.42. The Morgan fingerprint density at radius 3 is 1.41 bits per heavy atom. The number of carbonyl (C=O) groups excluding carboxylic acids is 1. The third-order valence-electron chi connectivity index (χ3n) is 2.03. The zero-order valence-corrected chi connectivity index (χ0v) is 10.9. The van der Waals surface area contributed by atoms with Crippen LogP contribution in [0.1, 0.15) is 0 Å². The highest BCUT2D eigenvalue weighted by Crippen LogP contribution is 2.17. The second kappa shape index (κ2) is 8.48. The molecule has 0 aliphatic rings. The molecule has 0 radical (unpaired) electrons. The molecule has 1 nitrogen and oxygen atoms in total. The van der Waals surface area contributed by atoms with Crippen LogP contribution in [0.5, 0.6) is 0 Å². The van der Waals surface area contributed by atoms with Crippen molar-refractivity contribution < 1.29 is 4.79 Å². The first kappa shape index (κ1) is 13.4. The second-order valence-corrected chi connectivity index (χ2v) is 3.72. The lowest BCUT2D eigenvalue weighted by molar-refractivity contribution is -0.104. The van der Waals surface area contributed by atoms with E-state index in [2.05, 4.69) is 64.5 Å². The van der Waals surface area contributed by atoms with Crippen LogP contribution in [-0.4, -0.2) is 6.29 Å². The molecule has 2 heteroatoms. The van der Waals surface area contributed by atoms with E-state index in [-0.39, 0.29) is 0 Å². The van der Waals surface area contributed by atoms with E-state index in [1.54, 1.807) is 0 Å². The summed E-state index contributed by atoms with van der Waals surface area (Å²) in [5, 5.41) is 0. The summed E-state index contributed by atoms with van der Waals surface area (Å²) in [7, 11) is 0. The summed E-state index contributed by atoms with van der Waals surface area (Å²) >= 11 is 2.90. The van der Waals surface area contributed by atoms with E-state index >= 15 is 0 Å². The maximum absolute atomic E-state index is 9.29. The van der Waals surface area contributed by atoms with E-state index in [9.17, 15) is 4.79 Å². The molecule has 0 unspecified atom stereocenters. The molecule has 0 saturated heterocycles. The van der Waals surface area contributed by atoms with Gasteiger partial charge in [-0.3, -0.25) is 4.79 Å². The predicted octanol–water partition coefficient (Wildman–Crippen LogP) is 4.45. The lowest BCUT2D eigenvalue weighted by Gasteiger charge is -1.98. The highest BCUT2D eigenvalue weighted by molar-refractivity contribution is 9.11. The van der Waals surface area contributed by atoms with Crippen LogP contribution in [0.15, 0.2) is 71.7 Å². The summed E-state index contributed by atoms with van der Waals surface area (Å²) in [6, 6.07) is 20.8. The minimum Gasteiger partial charge on any atom is -0.299 e. The lowest BCUT2D eigenvalue weighted by atomic mass is 10.1. The Kier molecular flexibility index (Phi) is 6.68. The largest absolute Gasteiger partial charge is 0.299 e. The minimum atomic E-state index is 0.703. The predicted molar refractivity (Wildman–Crippen MR) is 76.0 cm³/mol. The molecule has 0 spiro atoms. The molecule has 0 aliphatic heterocycles. The normalized spacial score (nSPS) is 9.47. The van der Waals surface area contributed by atoms with Gasteiger partial charge >= 0.3 is 0 Å². The summed E-state index contributed by atoms with van der Waals surface area (Å²) in [5.41, 5.74) is 2.55. The molecule has 0 amide bonds. The van der Waals surface area contributed by atoms with Gasteiger partial charge < -0.3 is 0 Å². The highest BCUT2D eigenvalue weighted by atomic mass is 79.9. The van der Waals surface area contributed by atoms with Gasteiger partial charge in [-0.2, -0.15) is 0 Å². The van der Waals surface area contributed by atoms with Gasteiger partial charge in [0.15, 0.2) is 0 Å². The number of hydrogen-bond acceptors (Lipinski definition) is 1. The van der Waals surface area contributed by atoms with Crippen LogP contribution < -0.4 is 0 Å². The number of benzene rings is 2. The first-order chi connectivity index (χ1) is 8.38. The standard InChI is InChI=1S/C12H10.C3H3BrO/c1-3-7-11(8-4-1)12-9-5-2-6-10-12;4-2-1-3-5/h1-10H;1-3H/b;2-1-. The van der Waals surface area contributed by atoms with Gasteiger partial charge in [0, 0.05) is 0 Å². The van der Waals surface area contributed by atoms with Crippen LogP contribution in [-0.2, 0) is 4.79 Å². The Labute approximate surface area is 110 Å². The molecule has 2 aromatic rings. The van der Waals surface area contributed by atoms with E-state index in [0.29, 0.717) is 6.29 Å².